The zero-order chi connectivity index (χ0) is 62.0. The molecule has 7 aromatic carbocycles. The maximum atomic E-state index is 2.96. The lowest BCUT2D eigenvalue weighted by atomic mass is 9.78. The summed E-state index contributed by atoms with van der Waals surface area (Å²) < 4.78 is 0. The highest BCUT2D eigenvalue weighted by Gasteiger charge is 2.34. The Bertz CT molecular complexity index is 3300. The van der Waals surface area contributed by atoms with Crippen molar-refractivity contribution in [3.8, 4) is 0 Å². The molecule has 8 saturated carbocycles. The smallest absolute Gasteiger partial charge is 0.0620 e. The van der Waals surface area contributed by atoms with Crippen molar-refractivity contribution >= 4 is 55.7 Å². The number of anilines is 6. The molecule has 0 N–H and O–H groups in total. The van der Waals surface area contributed by atoms with Gasteiger partial charge in [-0.15, -0.1) is 0 Å². The number of hydrogen-bond acceptors (Lipinski definition) is 2. The SMILES string of the molecule is CC(C)(C)c1ccc2c(N(c3cc(C4CCCCC4)cc(C4CCCCC4)c3)c3cc(C4CCCCC4)cc(C4CCCCC4)c3)c3ccccc3c(N(c3cc(C4CCCCC4)cc(C4CCCCC4)c3)c3cc(C4CCCCC4)cc(C4CCCCC4)c3)c2c1. The first kappa shape index (κ1) is 62.8. The molecule has 0 saturated heterocycles. The van der Waals surface area contributed by atoms with Gasteiger partial charge in [0.15, 0.2) is 0 Å². The molecule has 7 aromatic rings. The Balaban J connectivity index is 1.05. The molecular weight excluding hydrogens is 1110 g/mol. The fraction of sp³-hybridized carbons (Fsp3) is 0.578. The third-order valence-corrected chi connectivity index (χ3v) is 25.8. The van der Waals surface area contributed by atoms with Crippen molar-refractivity contribution in [2.75, 3.05) is 9.80 Å². The molecule has 92 heavy (non-hydrogen) atoms. The van der Waals surface area contributed by atoms with Crippen LogP contribution in [0.3, 0.4) is 0 Å². The molecule has 0 bridgehead atoms. The highest BCUT2D eigenvalue weighted by molar-refractivity contribution is 6.23. The average Bonchev–Trinajstić information content (AvgIpc) is 0.718. The molecule has 2 nitrogen and oxygen atoms in total. The molecule has 0 amide bonds. The third kappa shape index (κ3) is 13.6. The number of fused-ring (bicyclic) bond motifs is 2. The van der Waals surface area contributed by atoms with Gasteiger partial charge in [0.05, 0.1) is 11.4 Å². The minimum absolute atomic E-state index is 0.0572. The second kappa shape index (κ2) is 28.5. The van der Waals surface area contributed by atoms with Crippen molar-refractivity contribution in [2.45, 2.75) is 330 Å². The van der Waals surface area contributed by atoms with E-state index in [9.17, 15) is 0 Å². The Labute approximate surface area is 557 Å². The Morgan fingerprint density at radius 3 is 0.652 bits per heavy atom. The van der Waals surface area contributed by atoms with Crippen LogP contribution in [0.4, 0.5) is 34.1 Å². The lowest BCUT2D eigenvalue weighted by molar-refractivity contribution is 0.435. The number of benzene rings is 7. The van der Waals surface area contributed by atoms with Crippen LogP contribution in [0.1, 0.15) is 375 Å². The van der Waals surface area contributed by atoms with Crippen LogP contribution in [0.15, 0.2) is 115 Å². The van der Waals surface area contributed by atoms with E-state index in [0.717, 1.165) is 0 Å². The van der Waals surface area contributed by atoms with Crippen molar-refractivity contribution in [1.29, 1.82) is 0 Å². The van der Waals surface area contributed by atoms with E-state index >= 15 is 0 Å². The van der Waals surface area contributed by atoms with Gasteiger partial charge < -0.3 is 9.80 Å². The van der Waals surface area contributed by atoms with E-state index in [0.29, 0.717) is 47.3 Å². The highest BCUT2D eigenvalue weighted by Crippen LogP contribution is 2.56. The summed E-state index contributed by atoms with van der Waals surface area (Å²) in [4.78, 5) is 5.90. The zero-order valence-corrected chi connectivity index (χ0v) is 57.8. The second-order valence-corrected chi connectivity index (χ2v) is 33.0. The average molecular weight is 1230 g/mol. The summed E-state index contributed by atoms with van der Waals surface area (Å²) in [7, 11) is 0. The molecule has 0 aromatic heterocycles. The third-order valence-electron chi connectivity index (χ3n) is 25.8. The first-order chi connectivity index (χ1) is 45.2. The standard InChI is InChI=1S/C90H116N2/c1-90(2,3)79-48-49-86-87(62-79)89(92(82-58-75(67-38-20-8-21-39-67)52-76(59-82)68-40-22-9-23-41-68)83-60-77(69-42-24-10-25-43-69)53-78(61-83)70-44-26-11-27-45-70)85-47-29-28-46-84(85)88(86)91(80-54-71(63-30-12-4-13-31-63)50-72(55-80)64-32-14-5-15-33-64)81-56-73(65-34-16-6-17-35-65)51-74(57-81)66-36-18-7-19-37-66/h28-29,46-70H,4-27,30-45H2,1-3H3. The van der Waals surface area contributed by atoms with Crippen LogP contribution in [0, 0.1) is 0 Å². The van der Waals surface area contributed by atoms with E-state index in [1.165, 1.54) is 318 Å². The number of hydrogen-bond donors (Lipinski definition) is 0. The molecule has 486 valence electrons. The first-order valence-corrected chi connectivity index (χ1v) is 39.4. The van der Waals surface area contributed by atoms with E-state index in [1.54, 1.807) is 44.5 Å². The van der Waals surface area contributed by atoms with Gasteiger partial charge in [-0.25, -0.2) is 0 Å². The van der Waals surface area contributed by atoms with Crippen LogP contribution in [0.25, 0.3) is 21.5 Å². The van der Waals surface area contributed by atoms with Crippen LogP contribution < -0.4 is 9.80 Å². The Hall–Kier alpha value is -5.34. The molecule has 8 aliphatic carbocycles. The van der Waals surface area contributed by atoms with Crippen LogP contribution in [0.2, 0.25) is 0 Å². The van der Waals surface area contributed by atoms with Crippen LogP contribution in [-0.4, -0.2) is 0 Å². The van der Waals surface area contributed by atoms with Gasteiger partial charge >= 0.3 is 0 Å². The topological polar surface area (TPSA) is 6.48 Å². The number of nitrogens with zero attached hydrogens (tertiary/aromatic N) is 2. The van der Waals surface area contributed by atoms with Gasteiger partial charge in [-0.3, -0.25) is 0 Å². The van der Waals surface area contributed by atoms with Gasteiger partial charge in [0, 0.05) is 44.3 Å². The maximum Gasteiger partial charge on any atom is 0.0620 e. The fourth-order valence-corrected chi connectivity index (χ4v) is 20.4. The molecule has 0 radical (unpaired) electrons. The van der Waals surface area contributed by atoms with Gasteiger partial charge in [-0.05, 0) is 260 Å². The lowest BCUT2D eigenvalue weighted by Crippen LogP contribution is -2.19. The fourth-order valence-electron chi connectivity index (χ4n) is 20.4. The Kier molecular flexibility index (Phi) is 19.5. The second-order valence-electron chi connectivity index (χ2n) is 33.0. The van der Waals surface area contributed by atoms with Crippen LogP contribution in [0.5, 0.6) is 0 Å². The van der Waals surface area contributed by atoms with Crippen molar-refractivity contribution < 1.29 is 0 Å². The summed E-state index contributed by atoms with van der Waals surface area (Å²) in [5, 5.41) is 5.59. The van der Waals surface area contributed by atoms with E-state index in [2.05, 4.69) is 146 Å². The van der Waals surface area contributed by atoms with E-state index in [4.69, 9.17) is 0 Å². The maximum absolute atomic E-state index is 2.96. The highest BCUT2D eigenvalue weighted by atomic mass is 15.2. The predicted octanol–water partition coefficient (Wildman–Crippen LogP) is 28.6. The minimum atomic E-state index is -0.0572. The molecule has 0 spiro atoms. The molecule has 0 atom stereocenters. The Morgan fingerprint density at radius 1 is 0.228 bits per heavy atom. The summed E-state index contributed by atoms with van der Waals surface area (Å²) >= 11 is 0. The van der Waals surface area contributed by atoms with E-state index < -0.39 is 0 Å². The number of rotatable bonds is 14. The van der Waals surface area contributed by atoms with Crippen LogP contribution in [-0.2, 0) is 5.41 Å². The quantitative estimate of drug-likeness (QED) is 0.0791. The zero-order valence-electron chi connectivity index (χ0n) is 57.8. The van der Waals surface area contributed by atoms with Crippen molar-refractivity contribution in [1.82, 2.24) is 0 Å². The summed E-state index contributed by atoms with van der Waals surface area (Å²) in [5.41, 5.74) is 22.8. The first-order valence-electron chi connectivity index (χ1n) is 39.4. The molecule has 8 fully saturated rings. The summed E-state index contributed by atoms with van der Waals surface area (Å²) in [6, 6.07) is 51.2. The van der Waals surface area contributed by atoms with Gasteiger partial charge in [0.1, 0.15) is 0 Å². The lowest BCUT2D eigenvalue weighted by Gasteiger charge is -2.37. The van der Waals surface area contributed by atoms with Gasteiger partial charge in [0.25, 0.3) is 0 Å². The summed E-state index contributed by atoms with van der Waals surface area (Å²) in [6.07, 6.45) is 53.8. The van der Waals surface area contributed by atoms with Crippen molar-refractivity contribution in [2.24, 2.45) is 0 Å². The minimum Gasteiger partial charge on any atom is -0.309 e. The molecule has 2 heteroatoms. The molecular formula is C90H116N2. The predicted molar refractivity (Wildman–Crippen MR) is 396 cm³/mol. The van der Waals surface area contributed by atoms with E-state index in [1.807, 2.05) is 0 Å². The molecule has 8 aliphatic rings. The van der Waals surface area contributed by atoms with Gasteiger partial charge in [0.2, 0.25) is 0 Å². The summed E-state index contributed by atoms with van der Waals surface area (Å²) in [5.74, 6) is 4.91. The van der Waals surface area contributed by atoms with Gasteiger partial charge in [-0.1, -0.05) is 236 Å². The summed E-state index contributed by atoms with van der Waals surface area (Å²) in [6.45, 7) is 7.42. The molecule has 15 rings (SSSR count). The Morgan fingerprint density at radius 2 is 0.435 bits per heavy atom. The van der Waals surface area contributed by atoms with Crippen molar-refractivity contribution in [3.05, 3.63) is 165 Å². The largest absolute Gasteiger partial charge is 0.309 e. The monoisotopic (exact) mass is 1220 g/mol. The molecule has 0 unspecified atom stereocenters. The molecule has 0 aliphatic heterocycles. The molecule has 0 heterocycles. The van der Waals surface area contributed by atoms with Crippen molar-refractivity contribution in [3.63, 3.8) is 0 Å². The van der Waals surface area contributed by atoms with Gasteiger partial charge in [-0.2, -0.15) is 0 Å². The normalized spacial score (nSPS) is 21.5. The van der Waals surface area contributed by atoms with E-state index in [-0.39, 0.29) is 5.41 Å². The van der Waals surface area contributed by atoms with Crippen LogP contribution >= 0.6 is 0 Å².